The number of esters is 1. The molecule has 23 heavy (non-hydrogen) atoms. The first-order valence-electron chi connectivity index (χ1n) is 6.90. The van der Waals surface area contributed by atoms with Gasteiger partial charge in [0.1, 0.15) is 0 Å². The molecule has 0 radical (unpaired) electrons. The maximum atomic E-state index is 12.2. The van der Waals surface area contributed by atoms with Crippen LogP contribution in [0.4, 0.5) is 4.79 Å². The van der Waals surface area contributed by atoms with E-state index in [2.05, 4.69) is 9.97 Å². The highest BCUT2D eigenvalue weighted by Gasteiger charge is 2.28. The number of hydrogen-bond donors (Lipinski definition) is 2. The minimum absolute atomic E-state index is 0.232. The van der Waals surface area contributed by atoms with Crippen LogP contribution in [0.2, 0.25) is 0 Å². The van der Waals surface area contributed by atoms with Crippen molar-refractivity contribution >= 4 is 28.9 Å². The number of benzene rings is 1. The number of primary amides is 1. The minimum Gasteiger partial charge on any atom is -0.448 e. The van der Waals surface area contributed by atoms with Crippen LogP contribution in [-0.2, 0) is 9.53 Å². The van der Waals surface area contributed by atoms with Gasteiger partial charge >= 0.3 is 12.0 Å². The lowest BCUT2D eigenvalue weighted by Crippen LogP contribution is -2.45. The molecular formula is C15H16N4O4. The maximum absolute atomic E-state index is 12.2. The Balaban J connectivity index is 2.19. The largest absolute Gasteiger partial charge is 0.448 e. The third kappa shape index (κ3) is 4.00. The number of rotatable bonds is 4. The summed E-state index contributed by atoms with van der Waals surface area (Å²) in [6, 6.07) is 3.68. The van der Waals surface area contributed by atoms with Crippen LogP contribution in [0.3, 0.4) is 0 Å². The number of nitrogens with one attached hydrogen (secondary N) is 1. The zero-order valence-corrected chi connectivity index (χ0v) is 12.6. The van der Waals surface area contributed by atoms with Gasteiger partial charge in [-0.2, -0.15) is 0 Å². The van der Waals surface area contributed by atoms with Crippen LogP contribution in [0.1, 0.15) is 24.2 Å². The Hall–Kier alpha value is -3.03. The van der Waals surface area contributed by atoms with E-state index in [0.29, 0.717) is 11.0 Å². The monoisotopic (exact) mass is 316 g/mol. The first-order valence-corrected chi connectivity index (χ1v) is 6.90. The predicted molar refractivity (Wildman–Crippen MR) is 81.3 cm³/mol. The summed E-state index contributed by atoms with van der Waals surface area (Å²) in [5, 5.41) is 1.91. The molecule has 1 atom stereocenters. The number of fused-ring (bicyclic) bond motifs is 1. The Morgan fingerprint density at radius 1 is 1.13 bits per heavy atom. The lowest BCUT2D eigenvalue weighted by atomic mass is 10.1. The van der Waals surface area contributed by atoms with E-state index < -0.39 is 24.0 Å². The topological polar surface area (TPSA) is 124 Å². The Labute approximate surface area is 132 Å². The number of urea groups is 1. The van der Waals surface area contributed by atoms with Crippen LogP contribution in [0.15, 0.2) is 30.6 Å². The summed E-state index contributed by atoms with van der Waals surface area (Å²) in [5.74, 6) is -1.80. The van der Waals surface area contributed by atoms with E-state index in [1.54, 1.807) is 26.1 Å². The van der Waals surface area contributed by atoms with Gasteiger partial charge < -0.3 is 10.5 Å². The van der Waals surface area contributed by atoms with Gasteiger partial charge in [-0.15, -0.1) is 0 Å². The molecule has 0 aliphatic rings. The SMILES string of the molecule is CC(C)[C@@H](OC(=O)c1ccc2nccnc2c1)C(=O)NC(N)=O. The van der Waals surface area contributed by atoms with Gasteiger partial charge in [0.05, 0.1) is 16.6 Å². The highest BCUT2D eigenvalue weighted by atomic mass is 16.5. The van der Waals surface area contributed by atoms with E-state index in [1.807, 2.05) is 5.32 Å². The Kier molecular flexibility index (Phi) is 4.85. The molecule has 0 saturated carbocycles. The summed E-state index contributed by atoms with van der Waals surface area (Å²) in [4.78, 5) is 43.1. The van der Waals surface area contributed by atoms with Crippen molar-refractivity contribution in [2.75, 3.05) is 0 Å². The second kappa shape index (κ2) is 6.82. The molecule has 1 aromatic heterocycles. The summed E-state index contributed by atoms with van der Waals surface area (Å²) in [6.45, 7) is 3.37. The third-order valence-electron chi connectivity index (χ3n) is 3.05. The van der Waals surface area contributed by atoms with Crippen molar-refractivity contribution in [1.29, 1.82) is 0 Å². The van der Waals surface area contributed by atoms with Gasteiger partial charge in [-0.05, 0) is 24.1 Å². The first-order chi connectivity index (χ1) is 10.9. The normalized spacial score (nSPS) is 12.0. The highest BCUT2D eigenvalue weighted by Crippen LogP contribution is 2.15. The fourth-order valence-corrected chi connectivity index (χ4v) is 1.96. The molecule has 1 heterocycles. The summed E-state index contributed by atoms with van der Waals surface area (Å²) in [5.41, 5.74) is 6.31. The molecule has 0 unspecified atom stereocenters. The fraction of sp³-hybridized carbons (Fsp3) is 0.267. The van der Waals surface area contributed by atoms with E-state index in [0.717, 1.165) is 0 Å². The van der Waals surface area contributed by atoms with Crippen LogP contribution in [-0.4, -0.2) is 34.0 Å². The summed E-state index contributed by atoms with van der Waals surface area (Å²) in [6.07, 6.45) is 1.92. The number of nitrogens with two attached hydrogens (primary N) is 1. The molecule has 120 valence electrons. The van der Waals surface area contributed by atoms with Crippen LogP contribution in [0.25, 0.3) is 11.0 Å². The quantitative estimate of drug-likeness (QED) is 0.811. The van der Waals surface area contributed by atoms with E-state index in [4.69, 9.17) is 10.5 Å². The number of aromatic nitrogens is 2. The van der Waals surface area contributed by atoms with Crippen LogP contribution >= 0.6 is 0 Å². The van der Waals surface area contributed by atoms with Crippen LogP contribution < -0.4 is 11.1 Å². The van der Waals surface area contributed by atoms with Crippen molar-refractivity contribution in [3.8, 4) is 0 Å². The average molecular weight is 316 g/mol. The molecule has 0 aliphatic heterocycles. The van der Waals surface area contributed by atoms with Crippen molar-refractivity contribution < 1.29 is 19.1 Å². The fourth-order valence-electron chi connectivity index (χ4n) is 1.96. The summed E-state index contributed by atoms with van der Waals surface area (Å²) in [7, 11) is 0. The van der Waals surface area contributed by atoms with Crippen LogP contribution in [0.5, 0.6) is 0 Å². The van der Waals surface area contributed by atoms with E-state index in [-0.39, 0.29) is 11.5 Å². The van der Waals surface area contributed by atoms with Gasteiger partial charge in [-0.1, -0.05) is 13.8 Å². The standard InChI is InChI=1S/C15H16N4O4/c1-8(2)12(13(20)19-15(16)22)23-14(21)9-3-4-10-11(7-9)18-6-5-17-10/h3-8,12H,1-2H3,(H3,16,19,20,22)/t12-/m1/s1. The number of carbonyl (C=O) groups excluding carboxylic acids is 3. The first kappa shape index (κ1) is 16.3. The summed E-state index contributed by atoms with van der Waals surface area (Å²) >= 11 is 0. The summed E-state index contributed by atoms with van der Waals surface area (Å²) < 4.78 is 5.20. The van der Waals surface area contributed by atoms with E-state index >= 15 is 0 Å². The molecule has 8 nitrogen and oxygen atoms in total. The Morgan fingerprint density at radius 3 is 2.39 bits per heavy atom. The molecule has 8 heteroatoms. The molecule has 3 amide bonds. The number of ether oxygens (including phenoxy) is 1. The highest BCUT2D eigenvalue weighted by molar-refractivity contribution is 5.99. The van der Waals surface area contributed by atoms with Gasteiger partial charge in [0.25, 0.3) is 5.91 Å². The molecular weight excluding hydrogens is 300 g/mol. The zero-order valence-electron chi connectivity index (χ0n) is 12.6. The second-order valence-corrected chi connectivity index (χ2v) is 5.18. The molecule has 0 saturated heterocycles. The van der Waals surface area contributed by atoms with Gasteiger partial charge in [0.2, 0.25) is 0 Å². The van der Waals surface area contributed by atoms with Crippen molar-refractivity contribution in [3.63, 3.8) is 0 Å². The van der Waals surface area contributed by atoms with Gasteiger partial charge in [0, 0.05) is 12.4 Å². The number of imide groups is 1. The molecule has 2 aromatic rings. The lowest BCUT2D eigenvalue weighted by Gasteiger charge is -2.19. The van der Waals surface area contributed by atoms with E-state index in [1.165, 1.54) is 18.3 Å². The number of hydrogen-bond acceptors (Lipinski definition) is 6. The van der Waals surface area contributed by atoms with E-state index in [9.17, 15) is 14.4 Å². The van der Waals surface area contributed by atoms with Crippen LogP contribution in [0, 0.1) is 5.92 Å². The van der Waals surface area contributed by atoms with Crippen molar-refractivity contribution in [2.45, 2.75) is 20.0 Å². The minimum atomic E-state index is -1.13. The molecule has 3 N–H and O–H groups in total. The van der Waals surface area contributed by atoms with Gasteiger partial charge in [0.15, 0.2) is 6.10 Å². The predicted octanol–water partition coefficient (Wildman–Crippen LogP) is 1.01. The lowest BCUT2D eigenvalue weighted by molar-refractivity contribution is -0.130. The molecule has 0 aliphatic carbocycles. The van der Waals surface area contributed by atoms with Crippen molar-refractivity contribution in [1.82, 2.24) is 15.3 Å². The number of amides is 3. The molecule has 1 aromatic carbocycles. The van der Waals surface area contributed by atoms with Gasteiger partial charge in [-0.25, -0.2) is 9.59 Å². The number of carbonyl (C=O) groups is 3. The maximum Gasteiger partial charge on any atom is 0.339 e. The smallest absolute Gasteiger partial charge is 0.339 e. The molecule has 0 bridgehead atoms. The molecule has 2 rings (SSSR count). The molecule has 0 spiro atoms. The van der Waals surface area contributed by atoms with Gasteiger partial charge in [-0.3, -0.25) is 20.1 Å². The number of nitrogens with zero attached hydrogens (tertiary/aromatic N) is 2. The molecule has 0 fully saturated rings. The Morgan fingerprint density at radius 2 is 1.78 bits per heavy atom. The third-order valence-corrected chi connectivity index (χ3v) is 3.05. The average Bonchev–Trinajstić information content (AvgIpc) is 2.50. The van der Waals surface area contributed by atoms with Crippen molar-refractivity contribution in [3.05, 3.63) is 36.2 Å². The van der Waals surface area contributed by atoms with Crippen molar-refractivity contribution in [2.24, 2.45) is 11.7 Å². The Bertz CT molecular complexity index is 760. The second-order valence-electron chi connectivity index (χ2n) is 5.18. The zero-order chi connectivity index (χ0) is 17.0.